The second-order valence-corrected chi connectivity index (χ2v) is 15.6. The molecule has 0 amide bonds. The van der Waals surface area contributed by atoms with Crippen molar-refractivity contribution in [2.24, 2.45) is 0 Å². The smallest absolute Gasteiger partial charge is 0.137 e. The van der Waals surface area contributed by atoms with Crippen LogP contribution in [0.5, 0.6) is 0 Å². The maximum atomic E-state index is 6.82. The SMILES string of the molecule is c1ccc(-c2ccc(N(c3ccc(-c4ccccc4)cc3)c3cccc4oc5cc(N(c6ccccc6)c6cccc7c6sc6ccccc67)ccc5c34)cc2)cc1. The van der Waals surface area contributed by atoms with E-state index in [0.29, 0.717) is 0 Å². The molecule has 0 fully saturated rings. The first-order valence-corrected chi connectivity index (χ1v) is 20.4. The zero-order valence-corrected chi connectivity index (χ0v) is 32.3. The standard InChI is InChI=1S/C54H36N2OS/c1-4-14-37(15-5-1)39-26-30-42(31-27-39)55(43-32-28-40(29-33-43)38-16-6-2-7-17-38)48-22-13-24-50-53(48)47-35-34-44(36-51(47)57-50)56(41-18-8-3-9-19-41)49-23-12-21-46-45-20-10-11-25-52(45)58-54(46)49/h1-36H. The summed E-state index contributed by atoms with van der Waals surface area (Å²) in [6.07, 6.45) is 0. The van der Waals surface area contributed by atoms with Crippen LogP contribution in [-0.2, 0) is 0 Å². The largest absolute Gasteiger partial charge is 0.456 e. The first-order valence-electron chi connectivity index (χ1n) is 19.6. The van der Waals surface area contributed by atoms with Crippen LogP contribution in [0.25, 0.3) is 64.4 Å². The van der Waals surface area contributed by atoms with Gasteiger partial charge in [-0.05, 0) is 95.1 Å². The summed E-state index contributed by atoms with van der Waals surface area (Å²) >= 11 is 1.84. The fraction of sp³-hybridized carbons (Fsp3) is 0. The van der Waals surface area contributed by atoms with Crippen molar-refractivity contribution in [3.05, 3.63) is 218 Å². The number of para-hydroxylation sites is 1. The number of anilines is 6. The minimum atomic E-state index is 0.836. The van der Waals surface area contributed by atoms with E-state index in [1.54, 1.807) is 0 Å². The maximum absolute atomic E-state index is 6.82. The molecule has 0 radical (unpaired) electrons. The van der Waals surface area contributed by atoms with Gasteiger partial charge in [-0.15, -0.1) is 11.3 Å². The predicted octanol–water partition coefficient (Wildman–Crippen LogP) is 16.2. The average molecular weight is 761 g/mol. The summed E-state index contributed by atoms with van der Waals surface area (Å²) in [6, 6.07) is 77.9. The molecule has 0 aliphatic carbocycles. The highest BCUT2D eigenvalue weighted by Gasteiger charge is 2.22. The molecule has 0 aliphatic heterocycles. The molecule has 0 bridgehead atoms. The molecule has 3 nitrogen and oxygen atoms in total. The van der Waals surface area contributed by atoms with Gasteiger partial charge < -0.3 is 14.2 Å². The quantitative estimate of drug-likeness (QED) is 0.154. The van der Waals surface area contributed by atoms with Gasteiger partial charge in [-0.3, -0.25) is 0 Å². The molecule has 11 rings (SSSR count). The van der Waals surface area contributed by atoms with E-state index in [9.17, 15) is 0 Å². The molecule has 0 N–H and O–H groups in total. The van der Waals surface area contributed by atoms with Crippen molar-refractivity contribution < 1.29 is 4.42 Å². The summed E-state index contributed by atoms with van der Waals surface area (Å²) < 4.78 is 9.36. The fourth-order valence-corrected chi connectivity index (χ4v) is 9.53. The van der Waals surface area contributed by atoms with E-state index in [4.69, 9.17) is 4.42 Å². The Hall–Kier alpha value is -7.40. The van der Waals surface area contributed by atoms with Crippen molar-refractivity contribution in [1.29, 1.82) is 0 Å². The Morgan fingerprint density at radius 3 is 1.50 bits per heavy atom. The van der Waals surface area contributed by atoms with Gasteiger partial charge in [0.25, 0.3) is 0 Å². The highest BCUT2D eigenvalue weighted by Crippen LogP contribution is 2.47. The molecule has 9 aromatic carbocycles. The van der Waals surface area contributed by atoms with Gasteiger partial charge in [0.05, 0.1) is 21.5 Å². The number of benzene rings is 9. The lowest BCUT2D eigenvalue weighted by Gasteiger charge is -2.27. The lowest BCUT2D eigenvalue weighted by atomic mass is 10.0. The number of nitrogens with zero attached hydrogens (tertiary/aromatic N) is 2. The van der Waals surface area contributed by atoms with Crippen LogP contribution in [0.15, 0.2) is 223 Å². The monoisotopic (exact) mass is 760 g/mol. The predicted molar refractivity (Wildman–Crippen MR) is 247 cm³/mol. The van der Waals surface area contributed by atoms with Crippen molar-refractivity contribution in [1.82, 2.24) is 0 Å². The van der Waals surface area contributed by atoms with Crippen LogP contribution in [0, 0.1) is 0 Å². The third-order valence-corrected chi connectivity index (χ3v) is 12.3. The summed E-state index contributed by atoms with van der Waals surface area (Å²) in [6.45, 7) is 0. The molecule has 0 saturated heterocycles. The van der Waals surface area contributed by atoms with Gasteiger partial charge in [0.15, 0.2) is 0 Å². The van der Waals surface area contributed by atoms with Crippen LogP contribution in [0.2, 0.25) is 0 Å². The van der Waals surface area contributed by atoms with Crippen LogP contribution in [0.4, 0.5) is 34.1 Å². The van der Waals surface area contributed by atoms with Gasteiger partial charge in [0.2, 0.25) is 0 Å². The van der Waals surface area contributed by atoms with E-state index in [2.05, 4.69) is 228 Å². The van der Waals surface area contributed by atoms with Crippen LogP contribution in [0.1, 0.15) is 0 Å². The van der Waals surface area contributed by atoms with E-state index < -0.39 is 0 Å². The Balaban J connectivity index is 1.07. The number of fused-ring (bicyclic) bond motifs is 6. The molecule has 2 aromatic heterocycles. The van der Waals surface area contributed by atoms with Gasteiger partial charge >= 0.3 is 0 Å². The van der Waals surface area contributed by atoms with Gasteiger partial charge in [-0.1, -0.05) is 140 Å². The number of hydrogen-bond acceptors (Lipinski definition) is 4. The van der Waals surface area contributed by atoms with Gasteiger partial charge in [0.1, 0.15) is 11.2 Å². The third-order valence-electron chi connectivity index (χ3n) is 11.1. The maximum Gasteiger partial charge on any atom is 0.137 e. The zero-order chi connectivity index (χ0) is 38.4. The van der Waals surface area contributed by atoms with E-state index in [-0.39, 0.29) is 0 Å². The Labute approximate surface area is 340 Å². The van der Waals surface area contributed by atoms with Crippen molar-refractivity contribution >= 4 is 87.6 Å². The Bertz CT molecular complexity index is 3120. The third kappa shape index (κ3) is 5.90. The van der Waals surface area contributed by atoms with Crippen LogP contribution < -0.4 is 9.80 Å². The topological polar surface area (TPSA) is 19.6 Å². The summed E-state index contributed by atoms with van der Waals surface area (Å²) in [5.74, 6) is 0. The average Bonchev–Trinajstić information content (AvgIpc) is 3.87. The van der Waals surface area contributed by atoms with Crippen molar-refractivity contribution in [2.75, 3.05) is 9.80 Å². The number of thiophene rings is 1. The summed E-state index contributed by atoms with van der Waals surface area (Å²) in [5, 5.41) is 4.68. The number of rotatable bonds is 8. The second kappa shape index (κ2) is 14.3. The second-order valence-electron chi connectivity index (χ2n) is 14.5. The van der Waals surface area contributed by atoms with Crippen LogP contribution in [-0.4, -0.2) is 0 Å². The molecule has 274 valence electrons. The molecule has 58 heavy (non-hydrogen) atoms. The molecular formula is C54H36N2OS. The van der Waals surface area contributed by atoms with E-state index >= 15 is 0 Å². The molecule has 0 spiro atoms. The summed E-state index contributed by atoms with van der Waals surface area (Å²) in [7, 11) is 0. The zero-order valence-electron chi connectivity index (χ0n) is 31.5. The van der Waals surface area contributed by atoms with Gasteiger partial charge in [-0.2, -0.15) is 0 Å². The van der Waals surface area contributed by atoms with Crippen LogP contribution in [0.3, 0.4) is 0 Å². The fourth-order valence-electron chi connectivity index (χ4n) is 8.33. The molecule has 11 aromatic rings. The van der Waals surface area contributed by atoms with Gasteiger partial charge in [-0.25, -0.2) is 0 Å². The summed E-state index contributed by atoms with van der Waals surface area (Å²) in [4.78, 5) is 4.72. The Morgan fingerprint density at radius 1 is 0.328 bits per heavy atom. The molecule has 0 unspecified atom stereocenters. The Kier molecular flexibility index (Phi) is 8.34. The molecule has 0 aliphatic rings. The molecule has 4 heteroatoms. The molecule has 0 atom stereocenters. The molecule has 2 heterocycles. The normalized spacial score (nSPS) is 11.4. The van der Waals surface area contributed by atoms with Crippen molar-refractivity contribution in [3.63, 3.8) is 0 Å². The first kappa shape index (κ1) is 33.9. The summed E-state index contributed by atoms with van der Waals surface area (Å²) in [5.41, 5.74) is 12.9. The lowest BCUT2D eigenvalue weighted by molar-refractivity contribution is 0.669. The highest BCUT2D eigenvalue weighted by molar-refractivity contribution is 7.26. The van der Waals surface area contributed by atoms with E-state index in [0.717, 1.165) is 56.1 Å². The highest BCUT2D eigenvalue weighted by atomic mass is 32.1. The van der Waals surface area contributed by atoms with Crippen molar-refractivity contribution in [3.8, 4) is 22.3 Å². The molecular weight excluding hydrogens is 725 g/mol. The number of hydrogen-bond donors (Lipinski definition) is 0. The minimum absolute atomic E-state index is 0.836. The number of furan rings is 1. The minimum Gasteiger partial charge on any atom is -0.456 e. The molecule has 0 saturated carbocycles. The first-order chi connectivity index (χ1) is 28.8. The van der Waals surface area contributed by atoms with Gasteiger partial charge in [0, 0.05) is 49.7 Å². The van der Waals surface area contributed by atoms with Crippen LogP contribution >= 0.6 is 11.3 Å². The lowest BCUT2D eigenvalue weighted by Crippen LogP contribution is -2.10. The van der Waals surface area contributed by atoms with E-state index in [1.165, 1.54) is 42.4 Å². The Morgan fingerprint density at radius 2 is 0.828 bits per heavy atom. The van der Waals surface area contributed by atoms with Crippen molar-refractivity contribution in [2.45, 2.75) is 0 Å². The van der Waals surface area contributed by atoms with E-state index in [1.807, 2.05) is 11.3 Å².